The molecular formula is C46H31N3O2Si. The molecule has 10 rings (SSSR count). The quantitative estimate of drug-likeness (QED) is 0.165. The molecule has 0 saturated carbocycles. The second kappa shape index (κ2) is 12.2. The molecule has 0 radical (unpaired) electrons. The Labute approximate surface area is 302 Å². The number of ether oxygens (including phenoxy) is 2. The van der Waals surface area contributed by atoms with Crippen LogP contribution in [0.5, 0.6) is 23.0 Å². The number of pyridine rings is 2. The maximum absolute atomic E-state index is 6.89. The lowest BCUT2D eigenvalue weighted by molar-refractivity contribution is 0.482. The first kappa shape index (κ1) is 30.1. The highest BCUT2D eigenvalue weighted by atomic mass is 28.3. The van der Waals surface area contributed by atoms with E-state index in [1.165, 1.54) is 20.7 Å². The van der Waals surface area contributed by atoms with Crippen molar-refractivity contribution in [3.63, 3.8) is 0 Å². The highest BCUT2D eigenvalue weighted by Gasteiger charge is 2.49. The van der Waals surface area contributed by atoms with E-state index >= 15 is 0 Å². The number of para-hydroxylation sites is 1. The van der Waals surface area contributed by atoms with E-state index in [2.05, 4.69) is 125 Å². The lowest BCUT2D eigenvalue weighted by Gasteiger charge is -2.40. The number of fused-ring (bicyclic) bond motifs is 6. The summed E-state index contributed by atoms with van der Waals surface area (Å²) in [7, 11) is -2.99. The smallest absolute Gasteiger partial charge is 0.191 e. The largest absolute Gasteiger partial charge is 0.457 e. The molecule has 0 aliphatic carbocycles. The fraction of sp³-hybridized carbons (Fsp3) is 0. The van der Waals surface area contributed by atoms with Crippen LogP contribution in [0.25, 0.3) is 38.9 Å². The van der Waals surface area contributed by atoms with E-state index in [1.807, 2.05) is 73.1 Å². The highest BCUT2D eigenvalue weighted by Crippen LogP contribution is 2.38. The van der Waals surface area contributed by atoms with Gasteiger partial charge in [0, 0.05) is 40.0 Å². The SMILES string of the molecule is c1ccc([Si]2(c3ccccc3)c3ccccc3Oc3ccc4c5cccnc5n(-c5cccc(Oc6cccc(-c7ccccn7)c6)c5)c4c32)cc1. The molecule has 246 valence electrons. The summed E-state index contributed by atoms with van der Waals surface area (Å²) < 4.78 is 15.8. The van der Waals surface area contributed by atoms with Gasteiger partial charge in [0.05, 0.1) is 16.9 Å². The van der Waals surface area contributed by atoms with Crippen molar-refractivity contribution in [1.82, 2.24) is 14.5 Å². The van der Waals surface area contributed by atoms with Gasteiger partial charge in [-0.2, -0.15) is 0 Å². The minimum Gasteiger partial charge on any atom is -0.457 e. The molecule has 6 heteroatoms. The van der Waals surface area contributed by atoms with Gasteiger partial charge in [0.1, 0.15) is 28.6 Å². The Morgan fingerprint density at radius 3 is 2.02 bits per heavy atom. The predicted molar refractivity (Wildman–Crippen MR) is 212 cm³/mol. The van der Waals surface area contributed by atoms with Crippen LogP contribution in [0.3, 0.4) is 0 Å². The molecular weight excluding hydrogens is 655 g/mol. The van der Waals surface area contributed by atoms with Crippen molar-refractivity contribution in [3.05, 3.63) is 188 Å². The van der Waals surface area contributed by atoms with Gasteiger partial charge in [-0.3, -0.25) is 9.55 Å². The highest BCUT2D eigenvalue weighted by molar-refractivity contribution is 7.21. The van der Waals surface area contributed by atoms with E-state index in [0.29, 0.717) is 0 Å². The molecule has 3 aromatic heterocycles. The van der Waals surface area contributed by atoms with Gasteiger partial charge < -0.3 is 9.47 Å². The molecule has 0 atom stereocenters. The Morgan fingerprint density at radius 1 is 0.519 bits per heavy atom. The van der Waals surface area contributed by atoms with Crippen LogP contribution >= 0.6 is 0 Å². The normalized spacial score (nSPS) is 12.9. The van der Waals surface area contributed by atoms with E-state index in [1.54, 1.807) is 0 Å². The predicted octanol–water partition coefficient (Wildman–Crippen LogP) is 8.52. The van der Waals surface area contributed by atoms with Gasteiger partial charge in [0.2, 0.25) is 0 Å². The average Bonchev–Trinajstić information content (AvgIpc) is 3.56. The minimum atomic E-state index is -2.99. The van der Waals surface area contributed by atoms with Gasteiger partial charge in [-0.1, -0.05) is 103 Å². The van der Waals surface area contributed by atoms with Crippen molar-refractivity contribution in [2.45, 2.75) is 0 Å². The van der Waals surface area contributed by atoms with Gasteiger partial charge >= 0.3 is 0 Å². The van der Waals surface area contributed by atoms with Crippen molar-refractivity contribution in [1.29, 1.82) is 0 Å². The van der Waals surface area contributed by atoms with E-state index in [9.17, 15) is 0 Å². The van der Waals surface area contributed by atoms with Gasteiger partial charge in [-0.05, 0) is 82.3 Å². The zero-order valence-electron chi connectivity index (χ0n) is 28.1. The topological polar surface area (TPSA) is 49.2 Å². The molecule has 0 unspecified atom stereocenters. The first-order valence-electron chi connectivity index (χ1n) is 17.4. The van der Waals surface area contributed by atoms with Gasteiger partial charge in [-0.25, -0.2) is 4.98 Å². The second-order valence-corrected chi connectivity index (χ2v) is 16.7. The molecule has 0 bridgehead atoms. The molecule has 1 aliphatic rings. The first-order chi connectivity index (χ1) is 25.8. The van der Waals surface area contributed by atoms with Crippen LogP contribution in [0.2, 0.25) is 0 Å². The number of hydrogen-bond acceptors (Lipinski definition) is 4. The number of rotatable bonds is 6. The molecule has 0 saturated heterocycles. The van der Waals surface area contributed by atoms with Crippen LogP contribution in [0.15, 0.2) is 188 Å². The van der Waals surface area contributed by atoms with Crippen LogP contribution in [0, 0.1) is 0 Å². The number of nitrogens with zero attached hydrogens (tertiary/aromatic N) is 3. The summed E-state index contributed by atoms with van der Waals surface area (Å²) >= 11 is 0. The molecule has 4 heterocycles. The number of aromatic nitrogens is 3. The van der Waals surface area contributed by atoms with Crippen molar-refractivity contribution < 1.29 is 9.47 Å². The number of benzene rings is 6. The van der Waals surface area contributed by atoms with E-state index in [0.717, 1.165) is 61.9 Å². The van der Waals surface area contributed by atoms with Gasteiger partial charge in [0.15, 0.2) is 8.07 Å². The average molecular weight is 686 g/mol. The summed E-state index contributed by atoms with van der Waals surface area (Å²) in [5.41, 5.74) is 4.82. The Hall–Kier alpha value is -6.76. The Bertz CT molecular complexity index is 2710. The monoisotopic (exact) mass is 685 g/mol. The zero-order valence-corrected chi connectivity index (χ0v) is 29.1. The Kier molecular flexibility index (Phi) is 7.08. The Morgan fingerprint density at radius 2 is 1.23 bits per heavy atom. The van der Waals surface area contributed by atoms with Gasteiger partial charge in [0.25, 0.3) is 0 Å². The molecule has 5 nitrogen and oxygen atoms in total. The maximum Gasteiger partial charge on any atom is 0.191 e. The zero-order chi connectivity index (χ0) is 34.5. The second-order valence-electron chi connectivity index (χ2n) is 13.0. The lowest BCUT2D eigenvalue weighted by atomic mass is 10.1. The van der Waals surface area contributed by atoms with Crippen molar-refractivity contribution in [3.8, 4) is 39.9 Å². The summed E-state index contributed by atoms with van der Waals surface area (Å²) in [5.74, 6) is 3.23. The maximum atomic E-state index is 6.89. The van der Waals surface area contributed by atoms with Crippen molar-refractivity contribution in [2.75, 3.05) is 0 Å². The number of hydrogen-bond donors (Lipinski definition) is 0. The molecule has 0 fully saturated rings. The summed E-state index contributed by atoms with van der Waals surface area (Å²) in [5, 5.41) is 7.22. The third kappa shape index (κ3) is 4.69. The third-order valence-corrected chi connectivity index (χ3v) is 14.9. The summed E-state index contributed by atoms with van der Waals surface area (Å²) in [6.07, 6.45) is 3.68. The van der Waals surface area contributed by atoms with Crippen LogP contribution in [0.4, 0.5) is 0 Å². The summed E-state index contributed by atoms with van der Waals surface area (Å²) in [6.45, 7) is 0. The van der Waals surface area contributed by atoms with Crippen LogP contribution in [0.1, 0.15) is 0 Å². The van der Waals surface area contributed by atoms with E-state index < -0.39 is 8.07 Å². The van der Waals surface area contributed by atoms with Crippen LogP contribution < -0.4 is 30.2 Å². The molecule has 6 aromatic carbocycles. The van der Waals surface area contributed by atoms with E-state index in [-0.39, 0.29) is 0 Å². The fourth-order valence-electron chi connectivity index (χ4n) is 7.95. The van der Waals surface area contributed by atoms with Crippen LogP contribution in [-0.2, 0) is 0 Å². The third-order valence-electron chi connectivity index (χ3n) is 10.1. The first-order valence-corrected chi connectivity index (χ1v) is 19.4. The van der Waals surface area contributed by atoms with Gasteiger partial charge in [-0.15, -0.1) is 0 Å². The standard InChI is InChI=1S/C46H31N3O2Si/c1-3-18-36(19-4-1)52(37-20-5-2-6-21-37)43-25-8-7-24-41(43)51-42-27-26-38-39-22-13-29-48-46(39)49(44(38)45(42)52)33-15-12-17-35(31-33)50-34-16-11-14-32(30-34)40-23-9-10-28-47-40/h1-31H. The van der Waals surface area contributed by atoms with Crippen molar-refractivity contribution in [2.24, 2.45) is 0 Å². The Balaban J connectivity index is 1.25. The molecule has 1 aliphatic heterocycles. The summed E-state index contributed by atoms with van der Waals surface area (Å²) in [4.78, 5) is 9.56. The minimum absolute atomic E-state index is 0.725. The lowest BCUT2D eigenvalue weighted by Crippen LogP contribution is -2.76. The molecule has 52 heavy (non-hydrogen) atoms. The fourth-order valence-corrected chi connectivity index (χ4v) is 13.1. The molecule has 9 aromatic rings. The molecule has 0 N–H and O–H groups in total. The molecule has 0 amide bonds. The molecule has 0 spiro atoms. The summed E-state index contributed by atoms with van der Waals surface area (Å²) in [6, 6.07) is 61.4. The van der Waals surface area contributed by atoms with Crippen molar-refractivity contribution >= 4 is 50.8 Å². The van der Waals surface area contributed by atoms with Crippen LogP contribution in [-0.4, -0.2) is 22.6 Å². The van der Waals surface area contributed by atoms with E-state index in [4.69, 9.17) is 14.5 Å².